The van der Waals surface area contributed by atoms with Gasteiger partial charge in [0.1, 0.15) is 11.5 Å². The topological polar surface area (TPSA) is 51.1 Å². The van der Waals surface area contributed by atoms with Crippen LogP contribution < -0.4 is 14.4 Å². The normalized spacial score (nSPS) is 17.5. The van der Waals surface area contributed by atoms with Gasteiger partial charge in [0.05, 0.1) is 23.4 Å². The molecule has 1 spiro atoms. The molecule has 1 atom stereocenters. The molecule has 0 saturated heterocycles. The molecule has 0 radical (unpaired) electrons. The Labute approximate surface area is 286 Å². The highest BCUT2D eigenvalue weighted by Gasteiger charge is 2.54. The maximum absolute atomic E-state index is 13.0. The van der Waals surface area contributed by atoms with Crippen LogP contribution in [-0.2, 0) is 11.8 Å². The van der Waals surface area contributed by atoms with Crippen molar-refractivity contribution in [2.24, 2.45) is 4.99 Å². The Balaban J connectivity index is 1.01. The van der Waals surface area contributed by atoms with Gasteiger partial charge >= 0.3 is 5.97 Å². The maximum atomic E-state index is 13.0. The van der Waals surface area contributed by atoms with E-state index in [1.165, 1.54) is 55.3 Å². The van der Waals surface area contributed by atoms with Gasteiger partial charge in [0.25, 0.3) is 0 Å². The van der Waals surface area contributed by atoms with Crippen LogP contribution in [0.2, 0.25) is 0 Å². The van der Waals surface area contributed by atoms with Crippen molar-refractivity contribution in [1.82, 2.24) is 0 Å². The number of likely N-dealkylation sites (N-methyl/N-ethyl adjacent to an activating group) is 1. The van der Waals surface area contributed by atoms with Crippen molar-refractivity contribution in [3.05, 3.63) is 125 Å². The van der Waals surface area contributed by atoms with E-state index in [9.17, 15) is 4.79 Å². The zero-order chi connectivity index (χ0) is 33.6. The number of nitrogens with zero attached hydrogens (tertiary/aromatic N) is 2. The van der Waals surface area contributed by atoms with Crippen LogP contribution in [0.3, 0.4) is 0 Å². The molecule has 2 aliphatic rings. The SMILES string of the molecule is CCCCCCCCCOc1ccc(C=Nc2ccc(C(=O)Oc3ccc4c(c3)C=CC3(C4)N(C)c4ccccc4C3(C)C)cc2)cc1. The molecule has 5 heteroatoms. The highest BCUT2D eigenvalue weighted by atomic mass is 16.5. The molecule has 5 nitrogen and oxygen atoms in total. The third-order valence-electron chi connectivity index (χ3n) is 10.3. The van der Waals surface area contributed by atoms with E-state index in [1.807, 2.05) is 54.7 Å². The fraction of sp³-hybridized carbons (Fsp3) is 0.349. The monoisotopic (exact) mass is 640 g/mol. The van der Waals surface area contributed by atoms with Gasteiger partial charge in [-0.05, 0) is 95.4 Å². The van der Waals surface area contributed by atoms with Crippen molar-refractivity contribution in [1.29, 1.82) is 0 Å². The molecule has 0 bridgehead atoms. The predicted molar refractivity (Wildman–Crippen MR) is 198 cm³/mol. The Morgan fingerprint density at radius 1 is 0.854 bits per heavy atom. The van der Waals surface area contributed by atoms with Crippen LogP contribution in [0.25, 0.3) is 6.08 Å². The summed E-state index contributed by atoms with van der Waals surface area (Å²) in [7, 11) is 2.20. The predicted octanol–water partition coefficient (Wildman–Crippen LogP) is 10.5. The van der Waals surface area contributed by atoms with Crippen molar-refractivity contribution in [3.63, 3.8) is 0 Å². The minimum absolute atomic E-state index is 0.0557. The minimum atomic E-state index is -0.388. The van der Waals surface area contributed by atoms with E-state index >= 15 is 0 Å². The highest BCUT2D eigenvalue weighted by molar-refractivity contribution is 5.92. The molecule has 1 heterocycles. The molecular formula is C43H48N2O3. The number of para-hydroxylation sites is 1. The van der Waals surface area contributed by atoms with E-state index in [4.69, 9.17) is 9.47 Å². The largest absolute Gasteiger partial charge is 0.494 e. The lowest BCUT2D eigenvalue weighted by Gasteiger charge is -2.46. The number of fused-ring (bicyclic) bond motifs is 2. The Hall–Kier alpha value is -4.64. The first-order chi connectivity index (χ1) is 23.3. The molecule has 1 aliphatic carbocycles. The van der Waals surface area contributed by atoms with E-state index in [0.29, 0.717) is 11.3 Å². The third kappa shape index (κ3) is 6.96. The van der Waals surface area contributed by atoms with Crippen LogP contribution in [0.15, 0.2) is 102 Å². The molecule has 0 amide bonds. The van der Waals surface area contributed by atoms with Gasteiger partial charge in [-0.3, -0.25) is 4.99 Å². The number of esters is 1. The Morgan fingerprint density at radius 2 is 1.56 bits per heavy atom. The number of anilines is 1. The molecule has 48 heavy (non-hydrogen) atoms. The Bertz CT molecular complexity index is 1770. The molecule has 1 aliphatic heterocycles. The van der Waals surface area contributed by atoms with Gasteiger partial charge in [-0.2, -0.15) is 0 Å². The summed E-state index contributed by atoms with van der Waals surface area (Å²) in [5, 5.41) is 0. The Kier molecular flexibility index (Phi) is 10.1. The minimum Gasteiger partial charge on any atom is -0.494 e. The summed E-state index contributed by atoms with van der Waals surface area (Å²) in [4.78, 5) is 20.0. The summed E-state index contributed by atoms with van der Waals surface area (Å²) in [5.74, 6) is 1.04. The summed E-state index contributed by atoms with van der Waals surface area (Å²) in [6, 6.07) is 29.9. The summed E-state index contributed by atoms with van der Waals surface area (Å²) >= 11 is 0. The summed E-state index contributed by atoms with van der Waals surface area (Å²) in [6.07, 6.45) is 16.1. The third-order valence-corrected chi connectivity index (χ3v) is 10.3. The van der Waals surface area contributed by atoms with Gasteiger partial charge in [0, 0.05) is 30.8 Å². The lowest BCUT2D eigenvalue weighted by Crippen LogP contribution is -2.55. The van der Waals surface area contributed by atoms with E-state index in [0.717, 1.165) is 42.0 Å². The van der Waals surface area contributed by atoms with Crippen LogP contribution >= 0.6 is 0 Å². The standard InChI is InChI=1S/C43H48N2O3/c1-5-6-7-8-9-10-13-28-47-37-23-16-32(17-24-37)31-44-36-21-18-33(19-22-36)41(46)48-38-25-20-35-30-43(27-26-34(35)29-38)42(2,3)39-14-11-12-15-40(39)45(43)4/h11-12,14-27,29,31H,5-10,13,28,30H2,1-4H3. The number of ether oxygens (including phenoxy) is 2. The molecule has 0 N–H and O–H groups in total. The van der Waals surface area contributed by atoms with Crippen LogP contribution in [0.1, 0.15) is 98.3 Å². The number of benzene rings is 4. The zero-order valence-corrected chi connectivity index (χ0v) is 28.9. The van der Waals surface area contributed by atoms with Crippen molar-refractivity contribution in [2.75, 3.05) is 18.6 Å². The molecule has 0 saturated carbocycles. The smallest absolute Gasteiger partial charge is 0.343 e. The number of hydrogen-bond acceptors (Lipinski definition) is 5. The molecule has 0 fully saturated rings. The first-order valence-corrected chi connectivity index (χ1v) is 17.6. The van der Waals surface area contributed by atoms with Gasteiger partial charge in [-0.1, -0.05) is 95.7 Å². The van der Waals surface area contributed by atoms with Crippen molar-refractivity contribution < 1.29 is 14.3 Å². The zero-order valence-electron chi connectivity index (χ0n) is 28.9. The average Bonchev–Trinajstić information content (AvgIpc) is 3.27. The van der Waals surface area contributed by atoms with Gasteiger partial charge in [0.15, 0.2) is 0 Å². The lowest BCUT2D eigenvalue weighted by atomic mass is 9.65. The van der Waals surface area contributed by atoms with E-state index in [1.54, 1.807) is 12.1 Å². The van der Waals surface area contributed by atoms with Gasteiger partial charge in [-0.15, -0.1) is 0 Å². The summed E-state index contributed by atoms with van der Waals surface area (Å²) < 4.78 is 11.7. The summed E-state index contributed by atoms with van der Waals surface area (Å²) in [5.41, 5.74) is 7.01. The van der Waals surface area contributed by atoms with Crippen molar-refractivity contribution in [3.8, 4) is 11.5 Å². The number of carbonyl (C=O) groups excluding carboxylic acids is 1. The van der Waals surface area contributed by atoms with Gasteiger partial charge in [0.2, 0.25) is 0 Å². The number of hydrogen-bond donors (Lipinski definition) is 0. The molecule has 4 aromatic rings. The summed E-state index contributed by atoms with van der Waals surface area (Å²) in [6.45, 7) is 7.68. The fourth-order valence-electron chi connectivity index (χ4n) is 7.25. The van der Waals surface area contributed by atoms with Crippen molar-refractivity contribution >= 4 is 29.6 Å². The van der Waals surface area contributed by atoms with Crippen molar-refractivity contribution in [2.45, 2.75) is 83.1 Å². The number of carbonyl (C=O) groups is 1. The van der Waals surface area contributed by atoms with Crippen LogP contribution in [-0.4, -0.2) is 31.4 Å². The fourth-order valence-corrected chi connectivity index (χ4v) is 7.25. The molecule has 248 valence electrons. The highest BCUT2D eigenvalue weighted by Crippen LogP contribution is 2.54. The molecule has 1 unspecified atom stereocenters. The second-order valence-corrected chi connectivity index (χ2v) is 13.7. The number of aliphatic imine (C=N–C) groups is 1. The van der Waals surface area contributed by atoms with E-state index in [-0.39, 0.29) is 16.9 Å². The van der Waals surface area contributed by atoms with Gasteiger partial charge < -0.3 is 14.4 Å². The molecular weight excluding hydrogens is 592 g/mol. The van der Waals surface area contributed by atoms with Gasteiger partial charge in [-0.25, -0.2) is 4.79 Å². The van der Waals surface area contributed by atoms with E-state index < -0.39 is 0 Å². The first kappa shape index (κ1) is 33.3. The quantitative estimate of drug-likeness (QED) is 0.0631. The second kappa shape index (κ2) is 14.6. The molecule has 6 rings (SSSR count). The maximum Gasteiger partial charge on any atom is 0.343 e. The second-order valence-electron chi connectivity index (χ2n) is 13.7. The van der Waals surface area contributed by atoms with Crippen LogP contribution in [0, 0.1) is 0 Å². The average molecular weight is 641 g/mol. The van der Waals surface area contributed by atoms with E-state index in [2.05, 4.69) is 80.2 Å². The molecule has 4 aromatic carbocycles. The molecule has 0 aromatic heterocycles. The number of unbranched alkanes of at least 4 members (excludes halogenated alkanes) is 6. The van der Waals surface area contributed by atoms with Crippen LogP contribution in [0.5, 0.6) is 11.5 Å². The number of rotatable bonds is 13. The lowest BCUT2D eigenvalue weighted by molar-refractivity contribution is 0.0734. The first-order valence-electron chi connectivity index (χ1n) is 17.6. The van der Waals surface area contributed by atoms with Crippen LogP contribution in [0.4, 0.5) is 11.4 Å². The Morgan fingerprint density at radius 3 is 2.31 bits per heavy atom.